The molecule has 0 bridgehead atoms. The number of benzene rings is 18. The molecule has 6 aliphatic heterocycles. The van der Waals surface area contributed by atoms with Crippen molar-refractivity contribution in [2.75, 3.05) is 29.4 Å². The second kappa shape index (κ2) is 31.0. The fourth-order valence-corrected chi connectivity index (χ4v) is 34.2. The van der Waals surface area contributed by atoms with E-state index < -0.39 is 16.1 Å². The summed E-state index contributed by atoms with van der Waals surface area (Å²) in [5.74, 6) is 0. The topological polar surface area (TPSA) is 19.4 Å². The number of para-hydroxylation sites is 5. The predicted octanol–water partition coefficient (Wildman–Crippen LogP) is 23.0. The predicted molar refractivity (Wildman–Crippen MR) is 578 cm³/mol. The Bertz CT molecular complexity index is 7310. The van der Waals surface area contributed by atoms with Crippen molar-refractivity contribution in [3.8, 4) is 11.1 Å². The second-order valence-corrected chi connectivity index (χ2v) is 49.0. The van der Waals surface area contributed by atoms with Crippen LogP contribution in [0.4, 0.5) is 102 Å². The van der Waals surface area contributed by atoms with Crippen molar-refractivity contribution in [2.24, 2.45) is 0 Å². The molecule has 0 amide bonds. The molecule has 0 fully saturated rings. The number of hydrogen-bond donors (Lipinski definition) is 0. The fraction of sp³-hybridized carbons (Fsp3) is 0.129. The minimum Gasteiger partial charge on any atom is -0.311 e. The van der Waals surface area contributed by atoms with E-state index >= 15 is 0 Å². The maximum atomic E-state index is 2.73. The zero-order chi connectivity index (χ0) is 91.1. The minimum absolute atomic E-state index is 0.0837. The molecule has 0 saturated heterocycles. The van der Waals surface area contributed by atoms with Gasteiger partial charge in [-0.25, -0.2) is 0 Å². The Kier molecular flexibility index (Phi) is 19.1. The Labute approximate surface area is 792 Å². The summed E-state index contributed by atoms with van der Waals surface area (Å²) in [5, 5.41) is 11.2. The van der Waals surface area contributed by atoms with Gasteiger partial charge in [-0.15, -0.1) is 0 Å². The number of anilines is 18. The molecule has 134 heavy (non-hydrogen) atoms. The molecule has 18 aromatic rings. The highest BCUT2D eigenvalue weighted by Gasteiger charge is 2.60. The third-order valence-corrected chi connectivity index (χ3v) is 39.4. The molecule has 646 valence electrons. The van der Waals surface area contributed by atoms with Gasteiger partial charge in [-0.1, -0.05) is 362 Å². The van der Waals surface area contributed by atoms with Gasteiger partial charge in [0.15, 0.2) is 16.1 Å². The molecule has 24 rings (SSSR count). The fourth-order valence-electron chi connectivity index (χ4n) is 23.5. The van der Waals surface area contributed by atoms with Crippen molar-refractivity contribution in [3.05, 3.63) is 447 Å². The van der Waals surface area contributed by atoms with Gasteiger partial charge in [-0.2, -0.15) is 0 Å². The lowest BCUT2D eigenvalue weighted by Crippen LogP contribution is -2.88. The molecule has 0 radical (unpaired) electrons. The van der Waals surface area contributed by atoms with Crippen LogP contribution in [0.1, 0.15) is 105 Å². The van der Waals surface area contributed by atoms with E-state index in [-0.39, 0.29) is 35.1 Å². The average molecular weight is 1760 g/mol. The molecule has 10 heteroatoms. The van der Waals surface area contributed by atoms with Gasteiger partial charge in [0.2, 0.25) is 0 Å². The first-order chi connectivity index (χ1) is 65.0. The largest absolute Gasteiger partial charge is 0.311 e. The van der Waals surface area contributed by atoms with E-state index in [1.165, 1.54) is 131 Å². The first-order valence-electron chi connectivity index (χ1n) is 47.7. The SMILES string of the molecule is CC(C)(C)c1ccc(N2c3cc(N(c4ccccc4)c4ccccc4)cc4c3B3c5c2cc(C(C)(C)C)cc5[Si](c2ccccc2)(c2cccc(-c5cccc(N(c6ccccc6)c6cc7c8c(c6)N(c6ccccc6)c6cccc9c6B8c6c(cccc6[Si]9(c6ccccc6)c6ccccc6)N7c6ccccc6)c5)c2)c2cc(C(C)(C)C)cc(c23)N4c2ccc(C(C)(C)C)cc2)cc1. The molecule has 0 atom stereocenters. The Morgan fingerprint density at radius 3 is 0.813 bits per heavy atom. The zero-order valence-electron chi connectivity index (χ0n) is 78.3. The normalized spacial score (nSPS) is 14.3. The van der Waals surface area contributed by atoms with Crippen LogP contribution in [0.15, 0.2) is 425 Å². The van der Waals surface area contributed by atoms with E-state index in [1.54, 1.807) is 0 Å². The lowest BCUT2D eigenvalue weighted by molar-refractivity contribution is 0.590. The van der Waals surface area contributed by atoms with Crippen LogP contribution in [0.25, 0.3) is 11.1 Å². The highest BCUT2D eigenvalue weighted by atomic mass is 28.3. The smallest absolute Gasteiger partial charge is 0.251 e. The molecule has 6 nitrogen and oxygen atoms in total. The van der Waals surface area contributed by atoms with Crippen molar-refractivity contribution in [1.29, 1.82) is 0 Å². The molecule has 0 saturated carbocycles. The van der Waals surface area contributed by atoms with Gasteiger partial charge < -0.3 is 29.4 Å². The summed E-state index contributed by atoms with van der Waals surface area (Å²) in [7, 11) is -6.79. The van der Waals surface area contributed by atoms with Crippen LogP contribution in [-0.4, -0.2) is 29.6 Å². The summed E-state index contributed by atoms with van der Waals surface area (Å²) in [6, 6.07) is 165. The summed E-state index contributed by atoms with van der Waals surface area (Å²) in [6.45, 7) is 28.3. The van der Waals surface area contributed by atoms with E-state index in [4.69, 9.17) is 0 Å². The first kappa shape index (κ1) is 82.5. The minimum atomic E-state index is -3.69. The van der Waals surface area contributed by atoms with E-state index in [2.05, 4.69) is 537 Å². The molecule has 0 unspecified atom stereocenters. The molecule has 18 aromatic carbocycles. The molecule has 0 aliphatic carbocycles. The molecular formula is C124H106B2N6Si2. The maximum Gasteiger partial charge on any atom is 0.251 e. The van der Waals surface area contributed by atoms with Crippen molar-refractivity contribution < 1.29 is 0 Å². The van der Waals surface area contributed by atoms with E-state index in [1.807, 2.05) is 0 Å². The Morgan fingerprint density at radius 1 is 0.187 bits per heavy atom. The van der Waals surface area contributed by atoms with Gasteiger partial charge in [0.1, 0.15) is 0 Å². The Balaban J connectivity index is 0.758. The van der Waals surface area contributed by atoms with E-state index in [9.17, 15) is 0 Å². The zero-order valence-corrected chi connectivity index (χ0v) is 80.3. The van der Waals surface area contributed by atoms with Gasteiger partial charge in [-0.3, -0.25) is 0 Å². The third kappa shape index (κ3) is 12.7. The highest BCUT2D eigenvalue weighted by Crippen LogP contribution is 2.54. The van der Waals surface area contributed by atoms with Crippen LogP contribution >= 0.6 is 0 Å². The Hall–Kier alpha value is -14.7. The molecule has 6 heterocycles. The second-order valence-electron chi connectivity index (χ2n) is 41.6. The molecule has 0 aromatic heterocycles. The van der Waals surface area contributed by atoms with Crippen LogP contribution in [0, 0.1) is 0 Å². The number of hydrogen-bond acceptors (Lipinski definition) is 6. The standard InChI is InChI=1S/C124H106B2N6Si2/c1-121(2,3)85-65-69-94(70-66-85)131-105-75-87(123(7,8)9)77-113-119(105)126-116-109(131)79-97(127(89-43-21-13-22-44-89)90-45-23-14-24-46-90)80-110(116)132(95-71-67-86(68-72-95)122(4,5)6)106-76-88(124(10,11)12)78-114(120(106)126)134(113,101-58-35-20-36-59-101)102-60-38-42-84(74-102)83-41-37-53-96(73-83)128(91-47-25-15-26-48-91)98-81-107-115-108(82-98)130(93-51-29-17-30-52-93)104-62-40-64-112-118(104)125(115)117-103(129(107)92-49-27-16-28-50-92)61-39-63-111(117)133(112,99-54-31-18-32-55-99)100-56-33-19-34-57-100/h13-82H,1-12H3. The summed E-state index contributed by atoms with van der Waals surface area (Å²) in [5.41, 5.74) is 35.3. The van der Waals surface area contributed by atoms with Crippen molar-refractivity contribution in [3.63, 3.8) is 0 Å². The quantitative estimate of drug-likeness (QED) is 0.0946. The van der Waals surface area contributed by atoms with Crippen LogP contribution in [-0.2, 0) is 21.7 Å². The lowest BCUT2D eigenvalue weighted by atomic mass is 9.33. The number of rotatable bonds is 15. The molecule has 6 aliphatic rings. The van der Waals surface area contributed by atoms with Crippen LogP contribution < -0.4 is 104 Å². The van der Waals surface area contributed by atoms with Crippen LogP contribution in [0.2, 0.25) is 0 Å². The van der Waals surface area contributed by atoms with Crippen LogP contribution in [0.5, 0.6) is 0 Å². The van der Waals surface area contributed by atoms with Gasteiger partial charge in [-0.05, 0) is 275 Å². The van der Waals surface area contributed by atoms with Crippen molar-refractivity contribution >= 4 is 206 Å². The van der Waals surface area contributed by atoms with Gasteiger partial charge >= 0.3 is 0 Å². The monoisotopic (exact) mass is 1760 g/mol. The van der Waals surface area contributed by atoms with Gasteiger partial charge in [0, 0.05) is 91.0 Å². The van der Waals surface area contributed by atoms with Gasteiger partial charge in [0.25, 0.3) is 13.4 Å². The number of nitrogens with zero attached hydrogens (tertiary/aromatic N) is 6. The summed E-state index contributed by atoms with van der Waals surface area (Å²) >= 11 is 0. The van der Waals surface area contributed by atoms with Crippen molar-refractivity contribution in [2.45, 2.75) is 105 Å². The van der Waals surface area contributed by atoms with Gasteiger partial charge in [0.05, 0.1) is 11.4 Å². The lowest BCUT2D eigenvalue weighted by Gasteiger charge is -2.52. The molecule has 0 spiro atoms. The van der Waals surface area contributed by atoms with Crippen molar-refractivity contribution in [1.82, 2.24) is 0 Å². The first-order valence-corrected chi connectivity index (χ1v) is 51.7. The van der Waals surface area contributed by atoms with E-state index in [0.717, 1.165) is 79.4 Å². The summed E-state index contributed by atoms with van der Waals surface area (Å²) in [6.07, 6.45) is 0. The Morgan fingerprint density at radius 2 is 0.455 bits per heavy atom. The maximum absolute atomic E-state index is 3.69. The average Bonchev–Trinajstić information content (AvgIpc) is 0.660. The van der Waals surface area contributed by atoms with Crippen LogP contribution in [0.3, 0.4) is 0 Å². The summed E-state index contributed by atoms with van der Waals surface area (Å²) in [4.78, 5) is 15.7. The van der Waals surface area contributed by atoms with E-state index in [0.29, 0.717) is 0 Å². The molecular weight excluding hydrogens is 1650 g/mol. The summed E-state index contributed by atoms with van der Waals surface area (Å²) < 4.78 is 0. The highest BCUT2D eigenvalue weighted by molar-refractivity contribution is 7.28. The molecule has 0 N–H and O–H groups in total. The third-order valence-electron chi connectivity index (χ3n) is 29.7.